The molecule has 82 valence electrons. The largest absolute Gasteiger partial charge is 0.436 e. The summed E-state index contributed by atoms with van der Waals surface area (Å²) in [6.07, 6.45) is 1.55. The van der Waals surface area contributed by atoms with Crippen molar-refractivity contribution < 1.29 is 4.42 Å². The molecule has 4 rings (SSSR count). The highest BCUT2D eigenvalue weighted by atomic mass is 16.3. The summed E-state index contributed by atoms with van der Waals surface area (Å²) in [5.74, 6) is 0. The minimum Gasteiger partial charge on any atom is -0.436 e. The van der Waals surface area contributed by atoms with Gasteiger partial charge in [-0.05, 0) is 22.9 Å². The lowest BCUT2D eigenvalue weighted by molar-refractivity contribution is 0.655. The molecule has 2 heterocycles. The van der Waals surface area contributed by atoms with Gasteiger partial charge in [0.1, 0.15) is 18.9 Å². The zero-order chi connectivity index (χ0) is 12.1. The molecule has 0 aliphatic heterocycles. The standard InChI is InChI=1S/C14H7BN2O/c15-12-7-16-13-10-5-8-3-1-2-4-9(8)6-11(10)18-14(13)17-12/h1-7H. The molecule has 0 unspecified atom stereocenters. The van der Waals surface area contributed by atoms with Crippen LogP contribution in [0.3, 0.4) is 0 Å². The normalized spacial score (nSPS) is 11.6. The Bertz CT molecular complexity index is 898. The van der Waals surface area contributed by atoms with Crippen LogP contribution in [0.2, 0.25) is 0 Å². The third kappa shape index (κ3) is 1.26. The van der Waals surface area contributed by atoms with Crippen LogP contribution in [-0.2, 0) is 0 Å². The van der Waals surface area contributed by atoms with E-state index in [1.807, 2.05) is 18.2 Å². The van der Waals surface area contributed by atoms with Crippen molar-refractivity contribution in [1.29, 1.82) is 0 Å². The van der Waals surface area contributed by atoms with Crippen LogP contribution < -0.4 is 5.59 Å². The van der Waals surface area contributed by atoms with Crippen molar-refractivity contribution in [3.8, 4) is 0 Å². The predicted molar refractivity (Wildman–Crippen MR) is 72.2 cm³/mol. The molecular formula is C14H7BN2O. The molecule has 0 aliphatic carbocycles. The summed E-state index contributed by atoms with van der Waals surface area (Å²) in [4.78, 5) is 8.45. The van der Waals surface area contributed by atoms with E-state index in [1.165, 1.54) is 0 Å². The number of nitrogens with zero attached hydrogens (tertiary/aromatic N) is 2. The first-order valence-electron chi connectivity index (χ1n) is 5.65. The van der Waals surface area contributed by atoms with Crippen LogP contribution >= 0.6 is 0 Å². The van der Waals surface area contributed by atoms with Crippen LogP contribution in [0.25, 0.3) is 33.0 Å². The molecule has 0 aliphatic rings. The first-order valence-corrected chi connectivity index (χ1v) is 5.65. The molecule has 3 nitrogen and oxygen atoms in total. The van der Waals surface area contributed by atoms with Crippen molar-refractivity contribution in [2.45, 2.75) is 0 Å². The van der Waals surface area contributed by atoms with E-state index >= 15 is 0 Å². The molecule has 4 heteroatoms. The number of aromatic nitrogens is 2. The van der Waals surface area contributed by atoms with Crippen LogP contribution in [0.4, 0.5) is 0 Å². The molecule has 0 fully saturated rings. The highest BCUT2D eigenvalue weighted by Crippen LogP contribution is 2.29. The van der Waals surface area contributed by atoms with Crippen LogP contribution in [0.15, 0.2) is 47.0 Å². The number of hydrogen-bond donors (Lipinski definition) is 0. The molecule has 2 aromatic carbocycles. The van der Waals surface area contributed by atoms with Crippen molar-refractivity contribution in [1.82, 2.24) is 9.97 Å². The van der Waals surface area contributed by atoms with Gasteiger partial charge in [-0.2, -0.15) is 0 Å². The minimum absolute atomic E-state index is 0.367. The van der Waals surface area contributed by atoms with Crippen LogP contribution in [0.1, 0.15) is 0 Å². The van der Waals surface area contributed by atoms with E-state index in [0.717, 1.165) is 27.3 Å². The van der Waals surface area contributed by atoms with Gasteiger partial charge in [0.15, 0.2) is 0 Å². The Morgan fingerprint density at radius 1 is 1.06 bits per heavy atom. The van der Waals surface area contributed by atoms with Gasteiger partial charge in [0.25, 0.3) is 0 Å². The maximum atomic E-state index is 5.69. The fourth-order valence-electron chi connectivity index (χ4n) is 2.23. The monoisotopic (exact) mass is 230 g/mol. The van der Waals surface area contributed by atoms with E-state index in [1.54, 1.807) is 6.20 Å². The second-order valence-corrected chi connectivity index (χ2v) is 4.25. The Hall–Kier alpha value is -2.36. The van der Waals surface area contributed by atoms with Crippen molar-refractivity contribution in [2.24, 2.45) is 0 Å². The summed E-state index contributed by atoms with van der Waals surface area (Å²) in [6.45, 7) is 0. The average molecular weight is 230 g/mol. The SMILES string of the molecule is [B]c1cnc2c(n1)oc1cc3ccccc3cc12. The summed E-state index contributed by atoms with van der Waals surface area (Å²) in [5.41, 5.74) is 2.39. The first kappa shape index (κ1) is 9.65. The van der Waals surface area contributed by atoms with Gasteiger partial charge in [-0.3, -0.25) is 0 Å². The molecule has 0 saturated heterocycles. The van der Waals surface area contributed by atoms with Crippen LogP contribution in [0, 0.1) is 0 Å². The first-order chi connectivity index (χ1) is 8.81. The second-order valence-electron chi connectivity index (χ2n) is 4.25. The van der Waals surface area contributed by atoms with Gasteiger partial charge in [-0.25, -0.2) is 9.97 Å². The molecule has 2 aromatic heterocycles. The molecule has 0 N–H and O–H groups in total. The quantitative estimate of drug-likeness (QED) is 0.435. The molecule has 2 radical (unpaired) electrons. The Balaban J connectivity index is 2.23. The van der Waals surface area contributed by atoms with Crippen LogP contribution in [0.5, 0.6) is 0 Å². The lowest BCUT2D eigenvalue weighted by Gasteiger charge is -1.96. The van der Waals surface area contributed by atoms with Gasteiger partial charge in [-0.15, -0.1) is 0 Å². The lowest BCUT2D eigenvalue weighted by atomic mass is 10.1. The summed E-state index contributed by atoms with van der Waals surface area (Å²) < 4.78 is 5.69. The number of furan rings is 1. The Kier molecular flexibility index (Phi) is 1.78. The molecule has 0 saturated carbocycles. The van der Waals surface area contributed by atoms with Gasteiger partial charge < -0.3 is 4.42 Å². The fourth-order valence-corrected chi connectivity index (χ4v) is 2.23. The summed E-state index contributed by atoms with van der Waals surface area (Å²) in [7, 11) is 5.61. The molecule has 0 spiro atoms. The average Bonchev–Trinajstić information content (AvgIpc) is 2.72. The van der Waals surface area contributed by atoms with E-state index in [0.29, 0.717) is 11.3 Å². The third-order valence-electron chi connectivity index (χ3n) is 3.07. The Morgan fingerprint density at radius 3 is 2.67 bits per heavy atom. The highest BCUT2D eigenvalue weighted by molar-refractivity contribution is 6.30. The van der Waals surface area contributed by atoms with E-state index in [-0.39, 0.29) is 0 Å². The number of rotatable bonds is 0. The zero-order valence-electron chi connectivity index (χ0n) is 9.42. The molecular weight excluding hydrogens is 223 g/mol. The Morgan fingerprint density at radius 2 is 1.83 bits per heavy atom. The summed E-state index contributed by atoms with van der Waals surface area (Å²) >= 11 is 0. The second kappa shape index (κ2) is 3.32. The van der Waals surface area contributed by atoms with E-state index in [2.05, 4.69) is 28.2 Å². The van der Waals surface area contributed by atoms with Crippen molar-refractivity contribution >= 4 is 46.4 Å². The molecule has 18 heavy (non-hydrogen) atoms. The number of benzene rings is 2. The van der Waals surface area contributed by atoms with Crippen LogP contribution in [-0.4, -0.2) is 17.8 Å². The van der Waals surface area contributed by atoms with E-state index in [9.17, 15) is 0 Å². The fraction of sp³-hybridized carbons (Fsp3) is 0. The van der Waals surface area contributed by atoms with Gasteiger partial charge in [0.2, 0.25) is 5.71 Å². The predicted octanol–water partition coefficient (Wildman–Crippen LogP) is 2.32. The summed E-state index contributed by atoms with van der Waals surface area (Å²) in [5, 5.41) is 3.26. The van der Waals surface area contributed by atoms with Gasteiger partial charge >= 0.3 is 0 Å². The maximum absolute atomic E-state index is 5.69. The Labute approximate surface area is 104 Å². The minimum atomic E-state index is 0.367. The third-order valence-corrected chi connectivity index (χ3v) is 3.07. The maximum Gasteiger partial charge on any atom is 0.245 e. The highest BCUT2D eigenvalue weighted by Gasteiger charge is 2.10. The van der Waals surface area contributed by atoms with Crippen molar-refractivity contribution in [3.63, 3.8) is 0 Å². The smallest absolute Gasteiger partial charge is 0.245 e. The molecule has 0 bridgehead atoms. The van der Waals surface area contributed by atoms with Crippen molar-refractivity contribution in [3.05, 3.63) is 42.6 Å². The molecule has 0 atom stereocenters. The van der Waals surface area contributed by atoms with Crippen molar-refractivity contribution in [2.75, 3.05) is 0 Å². The van der Waals surface area contributed by atoms with Gasteiger partial charge in [0.05, 0.1) is 0 Å². The lowest BCUT2D eigenvalue weighted by Crippen LogP contribution is -2.07. The molecule has 0 amide bonds. The van der Waals surface area contributed by atoms with E-state index in [4.69, 9.17) is 12.3 Å². The van der Waals surface area contributed by atoms with Gasteiger partial charge in [0, 0.05) is 17.2 Å². The van der Waals surface area contributed by atoms with Gasteiger partial charge in [-0.1, -0.05) is 24.3 Å². The topological polar surface area (TPSA) is 38.9 Å². The van der Waals surface area contributed by atoms with E-state index < -0.39 is 0 Å². The zero-order valence-corrected chi connectivity index (χ0v) is 9.42. The molecule has 4 aromatic rings. The number of hydrogen-bond acceptors (Lipinski definition) is 3. The summed E-state index contributed by atoms with van der Waals surface area (Å²) in [6, 6.07) is 12.2. The number of fused-ring (bicyclic) bond motifs is 4.